The minimum absolute atomic E-state index is 0.0520. The molecule has 1 aromatic carbocycles. The Hall–Kier alpha value is -2.30. The summed E-state index contributed by atoms with van der Waals surface area (Å²) >= 11 is 0. The summed E-state index contributed by atoms with van der Waals surface area (Å²) in [6, 6.07) is 7.02. The molecule has 5 nitrogen and oxygen atoms in total. The number of hydrogen-bond donors (Lipinski definition) is 1. The summed E-state index contributed by atoms with van der Waals surface area (Å²) in [5.41, 5.74) is 5.00. The van der Waals surface area contributed by atoms with E-state index in [4.69, 9.17) is 10.5 Å². The lowest BCUT2D eigenvalue weighted by molar-refractivity contribution is -0.119. The maximum atomic E-state index is 12.2. The van der Waals surface area contributed by atoms with Crippen molar-refractivity contribution in [1.82, 2.24) is 4.57 Å². The number of fused-ring (bicyclic) bond motifs is 1. The van der Waals surface area contributed by atoms with E-state index in [1.165, 1.54) is 0 Å². The number of nitrogens with zero attached hydrogens (tertiary/aromatic N) is 1. The van der Waals surface area contributed by atoms with Crippen molar-refractivity contribution in [1.29, 1.82) is 0 Å². The van der Waals surface area contributed by atoms with Crippen LogP contribution in [-0.2, 0) is 11.3 Å². The lowest BCUT2D eigenvalue weighted by Gasteiger charge is -2.09. The van der Waals surface area contributed by atoms with Crippen molar-refractivity contribution in [2.45, 2.75) is 19.9 Å². The summed E-state index contributed by atoms with van der Waals surface area (Å²) < 4.78 is 6.98. The minimum atomic E-state index is -0.545. The second-order valence-corrected chi connectivity index (χ2v) is 4.29. The molecule has 0 atom stereocenters. The van der Waals surface area contributed by atoms with E-state index >= 15 is 0 Å². The van der Waals surface area contributed by atoms with Crippen LogP contribution in [-0.4, -0.2) is 17.1 Å². The van der Waals surface area contributed by atoms with Gasteiger partial charge in [-0.05, 0) is 24.6 Å². The number of carbonyl (C=O) groups is 1. The first kappa shape index (κ1) is 13.1. The number of hydrogen-bond acceptors (Lipinski definition) is 3. The summed E-state index contributed by atoms with van der Waals surface area (Å²) in [4.78, 5) is 23.0. The highest BCUT2D eigenvalue weighted by molar-refractivity contribution is 5.87. The Morgan fingerprint density at radius 1 is 1.32 bits per heavy atom. The molecular formula is C14H16N2O3. The van der Waals surface area contributed by atoms with Gasteiger partial charge in [0, 0.05) is 18.1 Å². The molecule has 2 rings (SSSR count). The fourth-order valence-corrected chi connectivity index (χ4v) is 1.98. The van der Waals surface area contributed by atoms with Crippen molar-refractivity contribution < 1.29 is 9.53 Å². The van der Waals surface area contributed by atoms with Gasteiger partial charge in [0.05, 0.1) is 5.39 Å². The van der Waals surface area contributed by atoms with Gasteiger partial charge >= 0.3 is 0 Å². The molecule has 0 radical (unpaired) electrons. The highest BCUT2D eigenvalue weighted by Gasteiger charge is 2.07. The maximum Gasteiger partial charge on any atom is 0.258 e. The summed E-state index contributed by atoms with van der Waals surface area (Å²) in [7, 11) is 0. The van der Waals surface area contributed by atoms with Gasteiger partial charge in [0.1, 0.15) is 5.75 Å². The van der Waals surface area contributed by atoms with E-state index in [1.807, 2.05) is 13.0 Å². The lowest BCUT2D eigenvalue weighted by Crippen LogP contribution is -2.21. The van der Waals surface area contributed by atoms with E-state index in [9.17, 15) is 9.59 Å². The van der Waals surface area contributed by atoms with Gasteiger partial charge in [0.15, 0.2) is 6.61 Å². The number of aromatic nitrogens is 1. The highest BCUT2D eigenvalue weighted by Crippen LogP contribution is 2.22. The van der Waals surface area contributed by atoms with Crippen molar-refractivity contribution in [2.24, 2.45) is 5.73 Å². The molecule has 0 saturated carbocycles. The van der Waals surface area contributed by atoms with Crippen molar-refractivity contribution >= 4 is 16.7 Å². The second kappa shape index (κ2) is 5.56. The molecular weight excluding hydrogens is 244 g/mol. The monoisotopic (exact) mass is 260 g/mol. The fraction of sp³-hybridized carbons (Fsp3) is 0.286. The third kappa shape index (κ3) is 2.76. The standard InChI is InChI=1S/C14H16N2O3/c1-2-7-16-8-6-10-11(14(16)18)4-3-5-12(10)19-9-13(15)17/h3-6,8H,2,7,9H2,1H3,(H2,15,17). The molecule has 0 unspecified atom stereocenters. The minimum Gasteiger partial charge on any atom is -0.483 e. The third-order valence-corrected chi connectivity index (χ3v) is 2.81. The molecule has 19 heavy (non-hydrogen) atoms. The van der Waals surface area contributed by atoms with E-state index in [1.54, 1.807) is 29.0 Å². The SMILES string of the molecule is CCCn1ccc2c(OCC(N)=O)cccc2c1=O. The summed E-state index contributed by atoms with van der Waals surface area (Å²) in [6.45, 7) is 2.50. The predicted molar refractivity (Wildman–Crippen MR) is 73.2 cm³/mol. The van der Waals surface area contributed by atoms with Crippen LogP contribution < -0.4 is 16.0 Å². The Morgan fingerprint density at radius 2 is 2.11 bits per heavy atom. The largest absolute Gasteiger partial charge is 0.483 e. The first-order valence-electron chi connectivity index (χ1n) is 6.16. The molecule has 0 spiro atoms. The molecule has 1 aromatic heterocycles. The van der Waals surface area contributed by atoms with Crippen LogP contribution in [0.3, 0.4) is 0 Å². The number of ether oxygens (including phenoxy) is 1. The predicted octanol–water partition coefficient (Wildman–Crippen LogP) is 1.28. The average Bonchev–Trinajstić information content (AvgIpc) is 2.40. The van der Waals surface area contributed by atoms with E-state index in [0.29, 0.717) is 23.1 Å². The molecule has 0 aliphatic heterocycles. The van der Waals surface area contributed by atoms with Gasteiger partial charge in [0.25, 0.3) is 11.5 Å². The van der Waals surface area contributed by atoms with Gasteiger partial charge in [-0.2, -0.15) is 0 Å². The quantitative estimate of drug-likeness (QED) is 0.879. The van der Waals surface area contributed by atoms with Crippen LogP contribution in [0.25, 0.3) is 10.8 Å². The average molecular weight is 260 g/mol. The van der Waals surface area contributed by atoms with Gasteiger partial charge in [-0.25, -0.2) is 0 Å². The second-order valence-electron chi connectivity index (χ2n) is 4.29. The van der Waals surface area contributed by atoms with Gasteiger partial charge < -0.3 is 15.0 Å². The number of carbonyl (C=O) groups excluding carboxylic acids is 1. The third-order valence-electron chi connectivity index (χ3n) is 2.81. The Morgan fingerprint density at radius 3 is 2.79 bits per heavy atom. The summed E-state index contributed by atoms with van der Waals surface area (Å²) in [5.74, 6) is -0.0478. The molecule has 100 valence electrons. The molecule has 0 fully saturated rings. The Balaban J connectivity index is 2.49. The van der Waals surface area contributed by atoms with E-state index in [2.05, 4.69) is 0 Å². The van der Waals surface area contributed by atoms with Crippen LogP contribution in [0.1, 0.15) is 13.3 Å². The highest BCUT2D eigenvalue weighted by atomic mass is 16.5. The number of rotatable bonds is 5. The number of nitrogens with two attached hydrogens (primary N) is 1. The first-order chi connectivity index (χ1) is 9.13. The smallest absolute Gasteiger partial charge is 0.258 e. The zero-order valence-electron chi connectivity index (χ0n) is 10.8. The van der Waals surface area contributed by atoms with Gasteiger partial charge in [0.2, 0.25) is 0 Å². The fourth-order valence-electron chi connectivity index (χ4n) is 1.98. The molecule has 0 aliphatic rings. The molecule has 1 heterocycles. The molecule has 5 heteroatoms. The normalized spacial score (nSPS) is 10.6. The van der Waals surface area contributed by atoms with Crippen LogP contribution in [0.4, 0.5) is 0 Å². The molecule has 2 aromatic rings. The molecule has 0 aliphatic carbocycles. The number of primary amides is 1. The maximum absolute atomic E-state index is 12.2. The lowest BCUT2D eigenvalue weighted by atomic mass is 10.1. The molecule has 0 bridgehead atoms. The van der Waals surface area contributed by atoms with Crippen LogP contribution in [0.2, 0.25) is 0 Å². The zero-order chi connectivity index (χ0) is 13.8. The number of aryl methyl sites for hydroxylation is 1. The summed E-state index contributed by atoms with van der Waals surface area (Å²) in [6.07, 6.45) is 2.63. The number of benzene rings is 1. The number of amides is 1. The Bertz CT molecular complexity index is 661. The topological polar surface area (TPSA) is 74.3 Å². The van der Waals surface area contributed by atoms with Crippen LogP contribution in [0.15, 0.2) is 35.3 Å². The van der Waals surface area contributed by atoms with Crippen molar-refractivity contribution in [3.05, 3.63) is 40.8 Å². The molecule has 1 amide bonds. The van der Waals surface area contributed by atoms with E-state index < -0.39 is 5.91 Å². The molecule has 2 N–H and O–H groups in total. The zero-order valence-corrected chi connectivity index (χ0v) is 10.8. The van der Waals surface area contributed by atoms with Gasteiger partial charge in [-0.1, -0.05) is 13.0 Å². The van der Waals surface area contributed by atoms with Crippen LogP contribution in [0.5, 0.6) is 5.75 Å². The molecule has 0 saturated heterocycles. The van der Waals surface area contributed by atoms with Gasteiger partial charge in [-0.3, -0.25) is 9.59 Å². The van der Waals surface area contributed by atoms with Crippen molar-refractivity contribution in [3.63, 3.8) is 0 Å². The Kier molecular flexibility index (Phi) is 3.85. The van der Waals surface area contributed by atoms with E-state index in [-0.39, 0.29) is 12.2 Å². The van der Waals surface area contributed by atoms with Crippen molar-refractivity contribution in [3.8, 4) is 5.75 Å². The van der Waals surface area contributed by atoms with Crippen LogP contribution >= 0.6 is 0 Å². The van der Waals surface area contributed by atoms with Crippen LogP contribution in [0, 0.1) is 0 Å². The summed E-state index contributed by atoms with van der Waals surface area (Å²) in [5, 5.41) is 1.28. The Labute approximate surface area is 110 Å². The first-order valence-corrected chi connectivity index (χ1v) is 6.16. The van der Waals surface area contributed by atoms with E-state index in [0.717, 1.165) is 6.42 Å². The van der Waals surface area contributed by atoms with Gasteiger partial charge in [-0.15, -0.1) is 0 Å². The van der Waals surface area contributed by atoms with Crippen molar-refractivity contribution in [2.75, 3.05) is 6.61 Å². The number of pyridine rings is 1.